The second-order valence-corrected chi connectivity index (χ2v) is 2.93. The van der Waals surface area contributed by atoms with Crippen molar-refractivity contribution in [2.24, 2.45) is 10.9 Å². The Morgan fingerprint density at radius 3 is 2.59 bits per heavy atom. The second-order valence-electron chi connectivity index (χ2n) is 2.93. The van der Waals surface area contributed by atoms with Crippen LogP contribution in [0.5, 0.6) is 0 Å². The molecule has 0 saturated heterocycles. The number of nitrogens with two attached hydrogens (primary N) is 1. The third-order valence-corrected chi connectivity index (χ3v) is 1.77. The van der Waals surface area contributed by atoms with Crippen LogP contribution in [0.2, 0.25) is 0 Å². The molecule has 17 heavy (non-hydrogen) atoms. The molecule has 0 radical (unpaired) electrons. The van der Waals surface area contributed by atoms with E-state index in [1.807, 2.05) is 5.43 Å². The first-order valence-electron chi connectivity index (χ1n) is 4.41. The number of alkyl halides is 3. The molecule has 92 valence electrons. The molecule has 4 N–H and O–H groups in total. The Hall–Kier alpha value is -2.09. The smallest absolute Gasteiger partial charge is 0.274 e. The predicted molar refractivity (Wildman–Crippen MR) is 54.9 cm³/mol. The topological polar surface area (TPSA) is 79.5 Å². The highest BCUT2D eigenvalue weighted by Gasteiger charge is 2.32. The zero-order chi connectivity index (χ0) is 12.9. The minimum Gasteiger partial charge on any atom is -0.274 e. The van der Waals surface area contributed by atoms with Crippen molar-refractivity contribution in [2.45, 2.75) is 6.18 Å². The zero-order valence-electron chi connectivity index (χ0n) is 8.45. The third kappa shape index (κ3) is 3.76. The number of hydrogen-bond donors (Lipinski definition) is 3. The average Bonchev–Trinajstić information content (AvgIpc) is 2.28. The maximum Gasteiger partial charge on any atom is 0.417 e. The van der Waals surface area contributed by atoms with Gasteiger partial charge in [0.2, 0.25) is 0 Å². The summed E-state index contributed by atoms with van der Waals surface area (Å²) in [4.78, 5) is 10.6. The maximum atomic E-state index is 12.5. The van der Waals surface area contributed by atoms with Gasteiger partial charge in [-0.1, -0.05) is 18.2 Å². The summed E-state index contributed by atoms with van der Waals surface area (Å²) in [6, 6.07) is 4.02. The van der Waals surface area contributed by atoms with Crippen LogP contribution in [0.15, 0.2) is 29.4 Å². The highest BCUT2D eigenvalue weighted by Crippen LogP contribution is 2.30. The fraction of sp³-hybridized carbons (Fsp3) is 0.111. The molecule has 0 unspecified atom stereocenters. The van der Waals surface area contributed by atoms with Gasteiger partial charge in [0.25, 0.3) is 0 Å². The molecule has 1 aromatic carbocycles. The number of hydrogen-bond acceptors (Lipinski definition) is 3. The molecule has 1 aromatic rings. The van der Waals surface area contributed by atoms with Crippen molar-refractivity contribution in [1.82, 2.24) is 10.9 Å². The Kier molecular flexibility index (Phi) is 4.05. The van der Waals surface area contributed by atoms with Crippen molar-refractivity contribution >= 4 is 12.2 Å². The molecule has 2 amide bonds. The summed E-state index contributed by atoms with van der Waals surface area (Å²) in [6.45, 7) is 0. The van der Waals surface area contributed by atoms with Gasteiger partial charge in [0.15, 0.2) is 0 Å². The van der Waals surface area contributed by atoms with Crippen LogP contribution in [0.4, 0.5) is 18.0 Å². The number of carbonyl (C=O) groups is 1. The van der Waals surface area contributed by atoms with Gasteiger partial charge in [-0.3, -0.25) is 5.43 Å². The van der Waals surface area contributed by atoms with Crippen molar-refractivity contribution in [3.8, 4) is 0 Å². The SMILES string of the molecule is NNC(=O)NN=Cc1ccccc1C(F)(F)F. The van der Waals surface area contributed by atoms with E-state index in [4.69, 9.17) is 5.84 Å². The molecule has 0 heterocycles. The van der Waals surface area contributed by atoms with E-state index in [1.165, 1.54) is 18.2 Å². The molecule has 0 aromatic heterocycles. The van der Waals surface area contributed by atoms with Gasteiger partial charge in [-0.15, -0.1) is 0 Å². The Morgan fingerprint density at radius 2 is 2.00 bits per heavy atom. The molecule has 0 aliphatic carbocycles. The van der Waals surface area contributed by atoms with Crippen LogP contribution in [-0.4, -0.2) is 12.2 Å². The molecule has 0 atom stereocenters. The highest BCUT2D eigenvalue weighted by atomic mass is 19.4. The molecule has 0 aliphatic heterocycles. The van der Waals surface area contributed by atoms with E-state index in [0.29, 0.717) is 0 Å². The number of halogens is 3. The lowest BCUT2D eigenvalue weighted by Gasteiger charge is -2.09. The number of carbonyl (C=O) groups excluding carboxylic acids is 1. The van der Waals surface area contributed by atoms with Gasteiger partial charge in [-0.25, -0.2) is 16.1 Å². The number of hydrazone groups is 1. The molecule has 0 spiro atoms. The van der Waals surface area contributed by atoms with Crippen LogP contribution in [0.1, 0.15) is 11.1 Å². The minimum absolute atomic E-state index is 0.155. The molecule has 0 bridgehead atoms. The third-order valence-electron chi connectivity index (χ3n) is 1.77. The molecule has 1 rings (SSSR count). The van der Waals surface area contributed by atoms with Crippen molar-refractivity contribution in [3.63, 3.8) is 0 Å². The second kappa shape index (κ2) is 5.30. The summed E-state index contributed by atoms with van der Waals surface area (Å²) in [7, 11) is 0. The lowest BCUT2D eigenvalue weighted by Crippen LogP contribution is -2.37. The lowest BCUT2D eigenvalue weighted by atomic mass is 10.1. The van der Waals surface area contributed by atoms with Crippen LogP contribution in [-0.2, 0) is 6.18 Å². The number of benzene rings is 1. The van der Waals surface area contributed by atoms with E-state index in [0.717, 1.165) is 12.3 Å². The number of amides is 2. The Morgan fingerprint density at radius 1 is 1.35 bits per heavy atom. The van der Waals surface area contributed by atoms with Crippen molar-refractivity contribution in [2.75, 3.05) is 0 Å². The van der Waals surface area contributed by atoms with Gasteiger partial charge in [0.1, 0.15) is 0 Å². The predicted octanol–water partition coefficient (Wildman–Crippen LogP) is 1.21. The van der Waals surface area contributed by atoms with Crippen LogP contribution >= 0.6 is 0 Å². The normalized spacial score (nSPS) is 11.5. The number of hydrazine groups is 1. The van der Waals surface area contributed by atoms with Crippen LogP contribution in [0.3, 0.4) is 0 Å². The molecular formula is C9H9F3N4O. The molecule has 0 aliphatic rings. The van der Waals surface area contributed by atoms with Gasteiger partial charge < -0.3 is 0 Å². The lowest BCUT2D eigenvalue weighted by molar-refractivity contribution is -0.137. The number of urea groups is 1. The van der Waals surface area contributed by atoms with E-state index < -0.39 is 17.8 Å². The summed E-state index contributed by atoms with van der Waals surface area (Å²) < 4.78 is 37.6. The summed E-state index contributed by atoms with van der Waals surface area (Å²) >= 11 is 0. The van der Waals surface area contributed by atoms with Crippen LogP contribution in [0.25, 0.3) is 0 Å². The van der Waals surface area contributed by atoms with Gasteiger partial charge in [-0.05, 0) is 6.07 Å². The van der Waals surface area contributed by atoms with Gasteiger partial charge in [-0.2, -0.15) is 18.3 Å². The largest absolute Gasteiger partial charge is 0.417 e. The van der Waals surface area contributed by atoms with Crippen molar-refractivity contribution in [3.05, 3.63) is 35.4 Å². The van der Waals surface area contributed by atoms with Gasteiger partial charge >= 0.3 is 12.2 Å². The standard InChI is InChI=1S/C9H9F3N4O/c10-9(11,12)7-4-2-1-3-6(7)5-14-16-8(17)15-13/h1-5H,13H2,(H2,15,16,17). The maximum absolute atomic E-state index is 12.5. The fourth-order valence-corrected chi connectivity index (χ4v) is 1.06. The first-order valence-corrected chi connectivity index (χ1v) is 4.41. The molecule has 5 nitrogen and oxygen atoms in total. The molecule has 0 saturated carbocycles. The van der Waals surface area contributed by atoms with Crippen LogP contribution in [0, 0.1) is 0 Å². The Bertz CT molecular complexity index is 430. The van der Waals surface area contributed by atoms with E-state index >= 15 is 0 Å². The Labute approximate surface area is 94.5 Å². The van der Waals surface area contributed by atoms with E-state index in [-0.39, 0.29) is 5.56 Å². The van der Waals surface area contributed by atoms with E-state index in [2.05, 4.69) is 5.10 Å². The Balaban J connectivity index is 2.88. The monoisotopic (exact) mass is 246 g/mol. The quantitative estimate of drug-likeness (QED) is 0.317. The number of nitrogens with one attached hydrogen (secondary N) is 2. The summed E-state index contributed by atoms with van der Waals surface area (Å²) in [5.41, 5.74) is 2.61. The van der Waals surface area contributed by atoms with Crippen LogP contribution < -0.4 is 16.7 Å². The van der Waals surface area contributed by atoms with Gasteiger partial charge in [0.05, 0.1) is 11.8 Å². The van der Waals surface area contributed by atoms with Gasteiger partial charge in [0, 0.05) is 5.56 Å². The van der Waals surface area contributed by atoms with Crippen molar-refractivity contribution < 1.29 is 18.0 Å². The highest BCUT2D eigenvalue weighted by molar-refractivity contribution is 5.83. The number of nitrogens with zero attached hydrogens (tertiary/aromatic N) is 1. The number of rotatable bonds is 2. The van der Waals surface area contributed by atoms with E-state index in [9.17, 15) is 18.0 Å². The summed E-state index contributed by atoms with van der Waals surface area (Å²) in [5, 5.41) is 3.32. The molecule has 8 heteroatoms. The molecule has 0 fully saturated rings. The summed E-state index contributed by atoms with van der Waals surface area (Å²) in [5.74, 6) is 4.73. The first-order chi connectivity index (χ1) is 7.95. The molecular weight excluding hydrogens is 237 g/mol. The average molecular weight is 246 g/mol. The summed E-state index contributed by atoms with van der Waals surface area (Å²) in [6.07, 6.45) is -3.59. The van der Waals surface area contributed by atoms with E-state index in [1.54, 1.807) is 5.43 Å². The zero-order valence-corrected chi connectivity index (χ0v) is 8.45. The first kappa shape index (κ1) is 13.0. The minimum atomic E-state index is -4.47. The van der Waals surface area contributed by atoms with Crippen molar-refractivity contribution in [1.29, 1.82) is 0 Å². The fourth-order valence-electron chi connectivity index (χ4n) is 1.06.